The zero-order chi connectivity index (χ0) is 25.4. The fourth-order valence-electron chi connectivity index (χ4n) is 4.01. The van der Waals surface area contributed by atoms with Gasteiger partial charge in [0.2, 0.25) is 0 Å². The van der Waals surface area contributed by atoms with Crippen LogP contribution in [0.5, 0.6) is 0 Å². The molecule has 1 fully saturated rings. The standard InChI is InChI=1S/C23H20N4O5S4/c1-12-25-26-23(35-12)34-10-15-9-33-21-18(20(29)27(21)19(15)22(30)31)24-17(28)11-36(32)16-7-6-13-4-2-3-5-14(13)8-16/h2-8,18,21H,9-11H2,1H3,(H,24,28)(H,30,31)/t18?,21-,36?/m0/s1. The second-order valence-electron chi connectivity index (χ2n) is 8.09. The quantitative estimate of drug-likeness (QED) is 0.242. The number of carbonyl (C=O) groups is 3. The number of carboxylic acids is 1. The van der Waals surface area contributed by atoms with Gasteiger partial charge in [0.05, 0.1) is 0 Å². The van der Waals surface area contributed by atoms with Gasteiger partial charge in [-0.15, -0.1) is 22.0 Å². The number of hydrogen-bond acceptors (Lipinski definition) is 9. The number of carbonyl (C=O) groups excluding carboxylic acids is 2. The topological polar surface area (TPSA) is 136 Å². The summed E-state index contributed by atoms with van der Waals surface area (Å²) < 4.78 is 13.5. The third-order valence-electron chi connectivity index (χ3n) is 5.69. The minimum absolute atomic E-state index is 0.0391. The van der Waals surface area contributed by atoms with Crippen LogP contribution in [0.25, 0.3) is 10.8 Å². The molecule has 3 aromatic rings. The molecule has 1 saturated heterocycles. The Balaban J connectivity index is 1.23. The molecule has 0 aliphatic carbocycles. The van der Waals surface area contributed by atoms with E-state index in [2.05, 4.69) is 15.5 Å². The van der Waals surface area contributed by atoms with Crippen molar-refractivity contribution in [2.45, 2.75) is 27.6 Å². The van der Waals surface area contributed by atoms with E-state index >= 15 is 0 Å². The van der Waals surface area contributed by atoms with E-state index in [-0.39, 0.29) is 11.4 Å². The van der Waals surface area contributed by atoms with Crippen LogP contribution >= 0.6 is 34.9 Å². The number of amides is 2. The maximum atomic E-state index is 12.9. The van der Waals surface area contributed by atoms with Crippen molar-refractivity contribution in [1.29, 1.82) is 0 Å². The summed E-state index contributed by atoms with van der Waals surface area (Å²) in [5.41, 5.74) is 0.583. The van der Waals surface area contributed by atoms with Crippen LogP contribution in [0.2, 0.25) is 0 Å². The molecule has 186 valence electrons. The van der Waals surface area contributed by atoms with Crippen LogP contribution < -0.4 is 5.32 Å². The number of benzene rings is 2. The predicted molar refractivity (Wildman–Crippen MR) is 140 cm³/mol. The predicted octanol–water partition coefficient (Wildman–Crippen LogP) is 2.64. The Bertz CT molecular complexity index is 1390. The Kier molecular flexibility index (Phi) is 7.26. The number of aromatic nitrogens is 2. The van der Waals surface area contributed by atoms with Gasteiger partial charge in [-0.3, -0.25) is 14.5 Å². The van der Waals surface area contributed by atoms with Gasteiger partial charge < -0.3 is 15.0 Å². The Morgan fingerprint density at radius 1 is 1.25 bits per heavy atom. The van der Waals surface area contributed by atoms with Gasteiger partial charge in [-0.1, -0.05) is 47.4 Å². The summed E-state index contributed by atoms with van der Waals surface area (Å²) in [5.74, 6) is -1.68. The molecular formula is C23H20N4O5S4. The molecule has 2 amide bonds. The smallest absolute Gasteiger partial charge is 0.352 e. The SMILES string of the molecule is Cc1nnc(SCC2=C(C(=O)O)N3C(=O)C(NC(=O)C[S+]([O-])c4ccc5ccccc5c4)[C@@H]3SC2)s1. The number of aryl methyl sites for hydroxylation is 1. The zero-order valence-electron chi connectivity index (χ0n) is 18.9. The van der Waals surface area contributed by atoms with Gasteiger partial charge in [0, 0.05) is 17.6 Å². The maximum absolute atomic E-state index is 12.9. The van der Waals surface area contributed by atoms with Crippen LogP contribution in [-0.2, 0) is 25.6 Å². The first-order valence-electron chi connectivity index (χ1n) is 10.8. The summed E-state index contributed by atoms with van der Waals surface area (Å²) in [5, 5.41) is 22.7. The molecule has 2 N–H and O–H groups in total. The zero-order valence-corrected chi connectivity index (χ0v) is 22.1. The fraction of sp³-hybridized carbons (Fsp3) is 0.261. The Hall–Kier alpha value is -2.58. The summed E-state index contributed by atoms with van der Waals surface area (Å²) in [4.78, 5) is 39.3. The van der Waals surface area contributed by atoms with E-state index in [9.17, 15) is 24.0 Å². The molecule has 9 nitrogen and oxygen atoms in total. The third kappa shape index (κ3) is 4.98. The number of nitrogens with one attached hydrogen (secondary N) is 1. The summed E-state index contributed by atoms with van der Waals surface area (Å²) in [7, 11) is 0. The van der Waals surface area contributed by atoms with Crippen molar-refractivity contribution in [2.24, 2.45) is 0 Å². The largest absolute Gasteiger partial charge is 0.611 e. The van der Waals surface area contributed by atoms with E-state index in [1.54, 1.807) is 12.1 Å². The number of rotatable bonds is 8. The minimum Gasteiger partial charge on any atom is -0.611 e. The van der Waals surface area contributed by atoms with E-state index < -0.39 is 40.4 Å². The van der Waals surface area contributed by atoms with Gasteiger partial charge in [0.15, 0.2) is 15.0 Å². The highest BCUT2D eigenvalue weighted by Crippen LogP contribution is 2.41. The van der Waals surface area contributed by atoms with Gasteiger partial charge in [-0.25, -0.2) is 4.79 Å². The van der Waals surface area contributed by atoms with Gasteiger partial charge >= 0.3 is 5.97 Å². The summed E-state index contributed by atoms with van der Waals surface area (Å²) in [6, 6.07) is 12.2. The Morgan fingerprint density at radius 2 is 2.03 bits per heavy atom. The number of carboxylic acid groups (broad SMARTS) is 1. The summed E-state index contributed by atoms with van der Waals surface area (Å²) in [6.07, 6.45) is 0. The highest BCUT2D eigenvalue weighted by Gasteiger charge is 2.54. The third-order valence-corrected chi connectivity index (χ3v) is 10.4. The molecule has 3 heterocycles. The molecule has 36 heavy (non-hydrogen) atoms. The van der Waals surface area contributed by atoms with E-state index in [0.717, 1.165) is 20.1 Å². The average molecular weight is 561 g/mol. The van der Waals surface area contributed by atoms with Gasteiger partial charge in [0.25, 0.3) is 11.8 Å². The molecular weight excluding hydrogens is 541 g/mol. The molecule has 0 spiro atoms. The second-order valence-corrected chi connectivity index (χ2v) is 13.0. The molecule has 1 aromatic heterocycles. The van der Waals surface area contributed by atoms with E-state index in [1.807, 2.05) is 37.3 Å². The summed E-state index contributed by atoms with van der Waals surface area (Å²) >= 11 is 2.62. The average Bonchev–Trinajstić information content (AvgIpc) is 3.29. The van der Waals surface area contributed by atoms with Crippen LogP contribution in [0.3, 0.4) is 0 Å². The minimum atomic E-state index is -1.58. The van der Waals surface area contributed by atoms with Gasteiger partial charge in [0.1, 0.15) is 22.1 Å². The normalized spacial score (nSPS) is 20.2. The van der Waals surface area contributed by atoms with Gasteiger partial charge in [-0.05, 0) is 46.6 Å². The molecule has 13 heteroatoms. The van der Waals surface area contributed by atoms with E-state index in [4.69, 9.17) is 0 Å². The van der Waals surface area contributed by atoms with Crippen molar-refractivity contribution >= 4 is 74.6 Å². The number of nitrogens with zero attached hydrogens (tertiary/aromatic N) is 3. The van der Waals surface area contributed by atoms with Crippen LogP contribution in [0.1, 0.15) is 5.01 Å². The first kappa shape index (κ1) is 25.1. The number of hydrogen-bond donors (Lipinski definition) is 2. The lowest BCUT2D eigenvalue weighted by Gasteiger charge is -2.49. The highest BCUT2D eigenvalue weighted by atomic mass is 32.2. The van der Waals surface area contributed by atoms with Crippen molar-refractivity contribution in [2.75, 3.05) is 17.3 Å². The van der Waals surface area contributed by atoms with Crippen LogP contribution in [0.15, 0.2) is 63.0 Å². The molecule has 0 radical (unpaired) electrons. The van der Waals surface area contributed by atoms with Crippen LogP contribution in [0, 0.1) is 6.92 Å². The lowest BCUT2D eigenvalue weighted by molar-refractivity contribution is -0.150. The van der Waals surface area contributed by atoms with Crippen molar-refractivity contribution in [3.8, 4) is 0 Å². The molecule has 5 rings (SSSR count). The van der Waals surface area contributed by atoms with Crippen molar-refractivity contribution in [1.82, 2.24) is 20.4 Å². The van der Waals surface area contributed by atoms with Crippen LogP contribution in [-0.4, -0.2) is 71.2 Å². The number of thioether (sulfide) groups is 2. The summed E-state index contributed by atoms with van der Waals surface area (Å²) in [6.45, 7) is 1.84. The first-order valence-corrected chi connectivity index (χ1v) is 15.0. The molecule has 2 aromatic carbocycles. The Morgan fingerprint density at radius 3 is 2.75 bits per heavy atom. The number of fused-ring (bicyclic) bond motifs is 2. The monoisotopic (exact) mass is 560 g/mol. The lowest BCUT2D eigenvalue weighted by atomic mass is 10.0. The van der Waals surface area contributed by atoms with Crippen molar-refractivity contribution in [3.05, 3.63) is 58.7 Å². The van der Waals surface area contributed by atoms with E-state index in [1.165, 1.54) is 39.8 Å². The molecule has 0 saturated carbocycles. The fourth-order valence-corrected chi connectivity index (χ4v) is 8.27. The van der Waals surface area contributed by atoms with Gasteiger partial charge in [-0.2, -0.15) is 0 Å². The number of aliphatic carboxylic acids is 1. The highest BCUT2D eigenvalue weighted by molar-refractivity contribution is 8.01. The molecule has 2 unspecified atom stereocenters. The lowest BCUT2D eigenvalue weighted by Crippen LogP contribution is -2.70. The molecule has 3 atom stereocenters. The van der Waals surface area contributed by atoms with Crippen LogP contribution in [0.4, 0.5) is 0 Å². The molecule has 2 aliphatic heterocycles. The first-order chi connectivity index (χ1) is 17.3. The maximum Gasteiger partial charge on any atom is 0.352 e. The second kappa shape index (κ2) is 10.4. The molecule has 0 bridgehead atoms. The van der Waals surface area contributed by atoms with Crippen molar-refractivity contribution < 1.29 is 24.0 Å². The number of β-lactam (4-membered cyclic amide) rings is 1. The van der Waals surface area contributed by atoms with E-state index in [0.29, 0.717) is 22.0 Å². The molecule has 2 aliphatic rings. The van der Waals surface area contributed by atoms with Crippen molar-refractivity contribution in [3.63, 3.8) is 0 Å². The Labute approximate surface area is 221 Å².